The maximum absolute atomic E-state index is 9.38. The number of hydrogen-bond donors (Lipinski definition) is 1. The average Bonchev–Trinajstić information content (AvgIpc) is 2.46. The van der Waals surface area contributed by atoms with Crippen molar-refractivity contribution < 1.29 is 5.11 Å². The molecule has 1 fully saturated rings. The molecule has 0 atom stereocenters. The number of nitrogens with zero attached hydrogens (tertiary/aromatic N) is 2. The highest BCUT2D eigenvalue weighted by atomic mass is 16.3. The van der Waals surface area contributed by atoms with Crippen LogP contribution in [0.2, 0.25) is 0 Å². The number of aliphatic hydroxyl groups is 1. The summed E-state index contributed by atoms with van der Waals surface area (Å²) in [5, 5.41) is 9.38. The summed E-state index contributed by atoms with van der Waals surface area (Å²) >= 11 is 0. The smallest absolute Gasteiger partial charge is 0.134 e. The molecular weight excluding hydrogens is 224 g/mol. The molecule has 0 amide bonds. The predicted molar refractivity (Wildman–Crippen MR) is 74.6 cm³/mol. The Kier molecular flexibility index (Phi) is 4.59. The minimum absolute atomic E-state index is 0.0673. The molecule has 18 heavy (non-hydrogen) atoms. The highest BCUT2D eigenvalue weighted by molar-refractivity contribution is 5.46. The number of aromatic nitrogens is 1. The molecule has 1 aromatic rings. The summed E-state index contributed by atoms with van der Waals surface area (Å²) in [6, 6.07) is 4.42. The van der Waals surface area contributed by atoms with E-state index in [0.29, 0.717) is 6.04 Å². The van der Waals surface area contributed by atoms with Gasteiger partial charge >= 0.3 is 0 Å². The average molecular weight is 248 g/mol. The molecule has 0 aliphatic heterocycles. The topological polar surface area (TPSA) is 36.4 Å². The summed E-state index contributed by atoms with van der Waals surface area (Å²) in [6.45, 7) is 2.36. The Bertz CT molecular complexity index is 373. The lowest BCUT2D eigenvalue weighted by Crippen LogP contribution is -2.36. The van der Waals surface area contributed by atoms with Crippen LogP contribution in [0.15, 0.2) is 18.3 Å². The lowest BCUT2D eigenvalue weighted by Gasteiger charge is -2.35. The number of pyridine rings is 1. The first-order valence-corrected chi connectivity index (χ1v) is 7.03. The third kappa shape index (κ3) is 2.83. The predicted octanol–water partition coefficient (Wildman–Crippen LogP) is 2.98. The monoisotopic (exact) mass is 248 g/mol. The summed E-state index contributed by atoms with van der Waals surface area (Å²) in [4.78, 5) is 6.69. The highest BCUT2D eigenvalue weighted by Crippen LogP contribution is 2.31. The van der Waals surface area contributed by atoms with E-state index in [0.717, 1.165) is 17.3 Å². The second-order valence-electron chi connectivity index (χ2n) is 5.34. The van der Waals surface area contributed by atoms with Crippen LogP contribution in [0, 0.1) is 5.92 Å². The van der Waals surface area contributed by atoms with Gasteiger partial charge in [0.25, 0.3) is 0 Å². The van der Waals surface area contributed by atoms with Crippen molar-refractivity contribution in [3.8, 4) is 0 Å². The summed E-state index contributed by atoms with van der Waals surface area (Å²) < 4.78 is 0. The van der Waals surface area contributed by atoms with E-state index in [4.69, 9.17) is 0 Å². The van der Waals surface area contributed by atoms with Crippen LogP contribution >= 0.6 is 0 Å². The van der Waals surface area contributed by atoms with Crippen LogP contribution in [0.5, 0.6) is 0 Å². The molecule has 3 heteroatoms. The van der Waals surface area contributed by atoms with Crippen LogP contribution in [0.25, 0.3) is 0 Å². The van der Waals surface area contributed by atoms with Gasteiger partial charge in [0.1, 0.15) is 5.82 Å². The molecule has 3 nitrogen and oxygen atoms in total. The summed E-state index contributed by atoms with van der Waals surface area (Å²) in [7, 11) is 2.11. The van der Waals surface area contributed by atoms with E-state index in [1.54, 1.807) is 0 Å². The zero-order valence-corrected chi connectivity index (χ0v) is 11.5. The molecule has 0 spiro atoms. The van der Waals surface area contributed by atoms with Gasteiger partial charge in [-0.25, -0.2) is 4.98 Å². The maximum atomic E-state index is 9.38. The van der Waals surface area contributed by atoms with E-state index < -0.39 is 0 Å². The lowest BCUT2D eigenvalue weighted by molar-refractivity contribution is 0.280. The quantitative estimate of drug-likeness (QED) is 0.890. The number of rotatable bonds is 4. The van der Waals surface area contributed by atoms with Crippen LogP contribution in [-0.2, 0) is 6.61 Å². The molecule has 1 N–H and O–H groups in total. The molecule has 1 aliphatic carbocycles. The summed E-state index contributed by atoms with van der Waals surface area (Å²) in [5.41, 5.74) is 0.928. The Labute approximate surface area is 110 Å². The minimum Gasteiger partial charge on any atom is -0.392 e. The van der Waals surface area contributed by atoms with Crippen LogP contribution in [0.1, 0.15) is 44.6 Å². The fourth-order valence-corrected chi connectivity index (χ4v) is 2.98. The first-order chi connectivity index (χ1) is 8.76. The Morgan fingerprint density at radius 2 is 2.06 bits per heavy atom. The lowest BCUT2D eigenvalue weighted by atomic mass is 9.84. The second-order valence-corrected chi connectivity index (χ2v) is 5.34. The van der Waals surface area contributed by atoms with Crippen molar-refractivity contribution in [2.24, 2.45) is 5.92 Å². The zero-order chi connectivity index (χ0) is 13.0. The highest BCUT2D eigenvalue weighted by Gasteiger charge is 2.24. The van der Waals surface area contributed by atoms with Crippen molar-refractivity contribution in [2.75, 3.05) is 11.9 Å². The van der Waals surface area contributed by atoms with Crippen molar-refractivity contribution >= 4 is 5.82 Å². The van der Waals surface area contributed by atoms with Gasteiger partial charge in [0, 0.05) is 24.8 Å². The van der Waals surface area contributed by atoms with E-state index in [1.165, 1.54) is 32.1 Å². The zero-order valence-electron chi connectivity index (χ0n) is 11.5. The molecule has 0 radical (unpaired) electrons. The van der Waals surface area contributed by atoms with Gasteiger partial charge in [0.15, 0.2) is 0 Å². The van der Waals surface area contributed by atoms with Gasteiger partial charge in [-0.1, -0.05) is 19.4 Å². The molecule has 1 aliphatic rings. The Balaban J connectivity index is 2.05. The minimum atomic E-state index is 0.0673. The van der Waals surface area contributed by atoms with Gasteiger partial charge in [-0.05, 0) is 37.7 Å². The van der Waals surface area contributed by atoms with Crippen LogP contribution in [-0.4, -0.2) is 23.2 Å². The molecule has 0 bridgehead atoms. The van der Waals surface area contributed by atoms with E-state index in [-0.39, 0.29) is 6.61 Å². The Morgan fingerprint density at radius 3 is 2.67 bits per heavy atom. The van der Waals surface area contributed by atoms with Gasteiger partial charge in [-0.2, -0.15) is 0 Å². The van der Waals surface area contributed by atoms with Crippen LogP contribution < -0.4 is 4.90 Å². The number of anilines is 1. The fourth-order valence-electron chi connectivity index (χ4n) is 2.98. The van der Waals surface area contributed by atoms with E-state index in [1.807, 2.05) is 18.3 Å². The Hall–Kier alpha value is -1.09. The van der Waals surface area contributed by atoms with E-state index >= 15 is 0 Å². The fraction of sp³-hybridized carbons (Fsp3) is 0.667. The third-order valence-corrected chi connectivity index (χ3v) is 4.31. The third-order valence-electron chi connectivity index (χ3n) is 4.31. The van der Waals surface area contributed by atoms with Crippen molar-refractivity contribution in [1.82, 2.24) is 4.98 Å². The summed E-state index contributed by atoms with van der Waals surface area (Å²) in [5.74, 6) is 1.86. The summed E-state index contributed by atoms with van der Waals surface area (Å²) in [6.07, 6.45) is 8.26. The van der Waals surface area contributed by atoms with Gasteiger partial charge in [0.05, 0.1) is 6.61 Å². The Morgan fingerprint density at radius 1 is 1.33 bits per heavy atom. The van der Waals surface area contributed by atoms with Gasteiger partial charge < -0.3 is 10.0 Å². The molecule has 2 rings (SSSR count). The van der Waals surface area contributed by atoms with Gasteiger partial charge in [0.2, 0.25) is 0 Å². The van der Waals surface area contributed by atoms with E-state index in [2.05, 4.69) is 23.9 Å². The standard InChI is InChI=1S/C15H24N2O/c1-3-12-6-8-14(9-7-12)17(2)15-13(11-18)5-4-10-16-15/h4-5,10,12,14,18H,3,6-9,11H2,1-2H3. The normalized spacial score (nSPS) is 23.9. The molecule has 1 saturated carbocycles. The molecule has 1 aromatic heterocycles. The van der Waals surface area contributed by atoms with Crippen molar-refractivity contribution in [3.05, 3.63) is 23.9 Å². The number of aliphatic hydroxyl groups excluding tert-OH is 1. The molecule has 0 saturated heterocycles. The maximum Gasteiger partial charge on any atom is 0.134 e. The first kappa shape index (κ1) is 13.3. The van der Waals surface area contributed by atoms with Gasteiger partial charge in [-0.15, -0.1) is 0 Å². The molecule has 100 valence electrons. The molecule has 0 unspecified atom stereocenters. The molecule has 0 aromatic carbocycles. The molecule has 1 heterocycles. The van der Waals surface area contributed by atoms with E-state index in [9.17, 15) is 5.11 Å². The van der Waals surface area contributed by atoms with Crippen molar-refractivity contribution in [1.29, 1.82) is 0 Å². The second kappa shape index (κ2) is 6.19. The van der Waals surface area contributed by atoms with Crippen LogP contribution in [0.4, 0.5) is 5.82 Å². The van der Waals surface area contributed by atoms with Gasteiger partial charge in [-0.3, -0.25) is 0 Å². The van der Waals surface area contributed by atoms with Crippen molar-refractivity contribution in [3.63, 3.8) is 0 Å². The SMILES string of the molecule is CCC1CCC(N(C)c2ncccc2CO)CC1. The van der Waals surface area contributed by atoms with Crippen LogP contribution in [0.3, 0.4) is 0 Å². The first-order valence-electron chi connectivity index (χ1n) is 7.03. The van der Waals surface area contributed by atoms with Crippen molar-refractivity contribution in [2.45, 2.75) is 51.7 Å². The molecular formula is C15H24N2O. The largest absolute Gasteiger partial charge is 0.392 e. The number of hydrogen-bond acceptors (Lipinski definition) is 3.